The molecule has 2 aliphatic heterocycles. The number of aromatic nitrogens is 3. The molecule has 4 rings (SSSR count). The van der Waals surface area contributed by atoms with Gasteiger partial charge in [0.2, 0.25) is 0 Å². The molecule has 2 aromatic rings. The highest BCUT2D eigenvalue weighted by Crippen LogP contribution is 2.56. The summed E-state index contributed by atoms with van der Waals surface area (Å²) < 4.78 is 87.7. The van der Waals surface area contributed by atoms with Crippen LogP contribution in [0.5, 0.6) is 0 Å². The summed E-state index contributed by atoms with van der Waals surface area (Å²) in [5.41, 5.74) is -0.790. The van der Waals surface area contributed by atoms with Crippen LogP contribution in [0.4, 0.5) is 26.3 Å². The predicted octanol–water partition coefficient (Wildman–Crippen LogP) is 4.87. The number of nitrogens with zero attached hydrogens (tertiary/aromatic N) is 4. The van der Waals surface area contributed by atoms with Gasteiger partial charge in [0, 0.05) is 30.8 Å². The maximum atomic E-state index is 13.4. The fourth-order valence-corrected chi connectivity index (χ4v) is 6.35. The molecule has 1 spiro atoms. The van der Waals surface area contributed by atoms with Crippen molar-refractivity contribution in [2.75, 3.05) is 6.61 Å². The highest BCUT2D eigenvalue weighted by molar-refractivity contribution is 9.09. The number of amides is 1. The predicted molar refractivity (Wildman–Crippen MR) is 104 cm³/mol. The standard InChI is InChI=1S/C18H17BrF6N4O2S/c1-8-4-16(14-9(10(19)7-31-16)3-13(32-14)17(20,21)22)5-12(11-6-28(2)27-26-11)29(8)15(30)18(23,24)25/h3,6,8,10,12H,4-5,7H2,1-2H3/t8-,10?,12-,16-/m0/s1. The topological polar surface area (TPSA) is 60.2 Å². The van der Waals surface area contributed by atoms with E-state index in [1.54, 1.807) is 0 Å². The first-order valence-electron chi connectivity index (χ1n) is 9.48. The third kappa shape index (κ3) is 3.94. The van der Waals surface area contributed by atoms with Crippen LogP contribution in [0.2, 0.25) is 0 Å². The lowest BCUT2D eigenvalue weighted by Crippen LogP contribution is -2.56. The summed E-state index contributed by atoms with van der Waals surface area (Å²) in [6, 6.07) is -1.11. The maximum absolute atomic E-state index is 13.4. The Hall–Kier alpha value is -1.67. The fraction of sp³-hybridized carbons (Fsp3) is 0.611. The molecule has 0 aliphatic carbocycles. The van der Waals surface area contributed by atoms with E-state index in [1.807, 2.05) is 0 Å². The zero-order valence-corrected chi connectivity index (χ0v) is 19.1. The molecule has 32 heavy (non-hydrogen) atoms. The summed E-state index contributed by atoms with van der Waals surface area (Å²) in [5, 5.41) is 7.64. The second-order valence-corrected chi connectivity index (χ2v) is 10.1. The number of piperidine rings is 1. The number of rotatable bonds is 1. The highest BCUT2D eigenvalue weighted by Gasteiger charge is 2.56. The Bertz CT molecular complexity index is 1040. The Morgan fingerprint density at radius 1 is 1.28 bits per heavy atom. The smallest absolute Gasteiger partial charge is 0.368 e. The van der Waals surface area contributed by atoms with Gasteiger partial charge >= 0.3 is 18.3 Å². The molecular formula is C18H17BrF6N4O2S. The minimum absolute atomic E-state index is 0.0359. The summed E-state index contributed by atoms with van der Waals surface area (Å²) in [6.45, 7) is 1.46. The molecule has 4 atom stereocenters. The second-order valence-electron chi connectivity index (χ2n) is 7.97. The number of alkyl halides is 7. The summed E-state index contributed by atoms with van der Waals surface area (Å²) in [4.78, 5) is 12.0. The van der Waals surface area contributed by atoms with Crippen LogP contribution in [0, 0.1) is 0 Å². The third-order valence-corrected chi connectivity index (χ3v) is 7.83. The van der Waals surface area contributed by atoms with Crippen molar-refractivity contribution in [3.8, 4) is 0 Å². The first-order valence-corrected chi connectivity index (χ1v) is 11.2. The van der Waals surface area contributed by atoms with Crippen LogP contribution in [-0.2, 0) is 28.4 Å². The van der Waals surface area contributed by atoms with Gasteiger partial charge in [-0.2, -0.15) is 26.3 Å². The minimum atomic E-state index is -5.12. The number of thiophene rings is 1. The average Bonchev–Trinajstić information content (AvgIpc) is 3.31. The van der Waals surface area contributed by atoms with E-state index in [0.717, 1.165) is 6.07 Å². The monoisotopic (exact) mass is 546 g/mol. The third-order valence-electron chi connectivity index (χ3n) is 5.70. The van der Waals surface area contributed by atoms with Crippen LogP contribution in [0.25, 0.3) is 0 Å². The van der Waals surface area contributed by atoms with Crippen molar-refractivity contribution in [3.05, 3.63) is 33.3 Å². The van der Waals surface area contributed by atoms with Gasteiger partial charge in [-0.25, -0.2) is 0 Å². The number of aryl methyl sites for hydroxylation is 1. The molecule has 1 unspecified atom stereocenters. The first kappa shape index (κ1) is 23.5. The van der Waals surface area contributed by atoms with Gasteiger partial charge in [0.05, 0.1) is 23.7 Å². The Kier molecular flexibility index (Phi) is 5.64. The van der Waals surface area contributed by atoms with Crippen molar-refractivity contribution in [2.24, 2.45) is 7.05 Å². The van der Waals surface area contributed by atoms with Gasteiger partial charge in [-0.1, -0.05) is 21.1 Å². The number of ether oxygens (including phenoxy) is 1. The molecule has 4 heterocycles. The van der Waals surface area contributed by atoms with Crippen LogP contribution < -0.4 is 0 Å². The number of halogens is 7. The van der Waals surface area contributed by atoms with E-state index in [4.69, 9.17) is 4.74 Å². The SMILES string of the molecule is C[C@H]1C[C@@]2(C[C@@H](c3cn(C)nn3)N1C(=O)C(F)(F)F)OCC(Br)c1cc(C(F)(F)F)sc12. The lowest BCUT2D eigenvalue weighted by atomic mass is 9.77. The van der Waals surface area contributed by atoms with Gasteiger partial charge < -0.3 is 9.64 Å². The van der Waals surface area contributed by atoms with E-state index in [2.05, 4.69) is 26.2 Å². The molecule has 6 nitrogen and oxygen atoms in total. The van der Waals surface area contributed by atoms with Gasteiger partial charge in [0.25, 0.3) is 0 Å². The molecular weight excluding hydrogens is 530 g/mol. The summed E-state index contributed by atoms with van der Waals surface area (Å²) in [7, 11) is 1.52. The number of likely N-dealkylation sites (tertiary alicyclic amines) is 1. The van der Waals surface area contributed by atoms with Crippen LogP contribution in [-0.4, -0.2) is 44.6 Å². The fourth-order valence-electron chi connectivity index (χ4n) is 4.45. The Morgan fingerprint density at radius 3 is 2.53 bits per heavy atom. The number of hydrogen-bond acceptors (Lipinski definition) is 5. The Morgan fingerprint density at radius 2 is 1.97 bits per heavy atom. The zero-order valence-electron chi connectivity index (χ0n) is 16.7. The molecule has 1 fully saturated rings. The molecule has 1 amide bonds. The summed E-state index contributed by atoms with van der Waals surface area (Å²) in [5.74, 6) is -2.04. The van der Waals surface area contributed by atoms with E-state index >= 15 is 0 Å². The average molecular weight is 547 g/mol. The van der Waals surface area contributed by atoms with E-state index in [9.17, 15) is 31.1 Å². The second kappa shape index (κ2) is 7.69. The number of fused-ring (bicyclic) bond motifs is 2. The Balaban J connectivity index is 1.82. The molecule has 2 aliphatic rings. The maximum Gasteiger partial charge on any atom is 0.471 e. The van der Waals surface area contributed by atoms with E-state index in [-0.39, 0.29) is 25.1 Å². The summed E-state index contributed by atoms with van der Waals surface area (Å²) in [6.07, 6.45) is -8.57. The molecule has 0 N–H and O–H groups in total. The number of carbonyl (C=O) groups excluding carboxylic acids is 1. The zero-order chi connectivity index (χ0) is 23.6. The van der Waals surface area contributed by atoms with Crippen LogP contribution in [0.1, 0.15) is 51.6 Å². The summed E-state index contributed by atoms with van der Waals surface area (Å²) >= 11 is 3.86. The van der Waals surface area contributed by atoms with Crippen LogP contribution >= 0.6 is 27.3 Å². The molecule has 2 aromatic heterocycles. The van der Waals surface area contributed by atoms with Crippen molar-refractivity contribution in [1.82, 2.24) is 19.9 Å². The van der Waals surface area contributed by atoms with Crippen LogP contribution in [0.3, 0.4) is 0 Å². The molecule has 0 bridgehead atoms. The molecule has 1 saturated heterocycles. The highest BCUT2D eigenvalue weighted by atomic mass is 79.9. The van der Waals surface area contributed by atoms with Crippen molar-refractivity contribution in [3.63, 3.8) is 0 Å². The minimum Gasteiger partial charge on any atom is -0.368 e. The number of hydrogen-bond donors (Lipinski definition) is 0. The van der Waals surface area contributed by atoms with Gasteiger partial charge in [-0.15, -0.1) is 16.4 Å². The lowest BCUT2D eigenvalue weighted by molar-refractivity contribution is -0.201. The van der Waals surface area contributed by atoms with Gasteiger partial charge in [0.15, 0.2) is 0 Å². The first-order chi connectivity index (χ1) is 14.7. The number of carbonyl (C=O) groups is 1. The molecule has 0 aromatic carbocycles. The van der Waals surface area contributed by atoms with Gasteiger partial charge in [0.1, 0.15) is 16.2 Å². The molecule has 0 radical (unpaired) electrons. The quantitative estimate of drug-likeness (QED) is 0.378. The largest absolute Gasteiger partial charge is 0.471 e. The van der Waals surface area contributed by atoms with Crippen LogP contribution in [0.15, 0.2) is 12.3 Å². The molecule has 176 valence electrons. The molecule has 14 heteroatoms. The normalized spacial score (nSPS) is 28.8. The van der Waals surface area contributed by atoms with E-state index in [0.29, 0.717) is 26.7 Å². The Labute approximate surface area is 190 Å². The van der Waals surface area contributed by atoms with Gasteiger partial charge in [-0.3, -0.25) is 9.48 Å². The molecule has 0 saturated carbocycles. The van der Waals surface area contributed by atoms with Crippen molar-refractivity contribution in [2.45, 2.75) is 54.6 Å². The van der Waals surface area contributed by atoms with E-state index in [1.165, 1.54) is 24.9 Å². The van der Waals surface area contributed by atoms with Gasteiger partial charge in [-0.05, 0) is 18.6 Å². The van der Waals surface area contributed by atoms with Crippen molar-refractivity contribution < 1.29 is 35.9 Å². The van der Waals surface area contributed by atoms with Crippen molar-refractivity contribution in [1.29, 1.82) is 0 Å². The van der Waals surface area contributed by atoms with Crippen molar-refractivity contribution >= 4 is 33.2 Å². The lowest BCUT2D eigenvalue weighted by Gasteiger charge is -2.51. The van der Waals surface area contributed by atoms with E-state index < -0.39 is 45.6 Å².